The Morgan fingerprint density at radius 1 is 1.17 bits per heavy atom. The second kappa shape index (κ2) is 5.72. The van der Waals surface area contributed by atoms with Crippen molar-refractivity contribution in [2.24, 2.45) is 5.92 Å². The molecule has 0 bridgehead atoms. The summed E-state index contributed by atoms with van der Waals surface area (Å²) in [4.78, 5) is 28.1. The standard InChI is InChI=1S/C14H24N2O2/c1-11(2)16-10-12(9-13(16)17)14(18)15-7-5-3-4-6-8-15/h11-12H,3-10H2,1-2H3/t12-/m0/s1. The van der Waals surface area contributed by atoms with Crippen molar-refractivity contribution in [1.29, 1.82) is 0 Å². The normalized spacial score (nSPS) is 25.7. The van der Waals surface area contributed by atoms with Crippen LogP contribution in [0, 0.1) is 5.92 Å². The van der Waals surface area contributed by atoms with Crippen LogP contribution in [0.4, 0.5) is 0 Å². The van der Waals surface area contributed by atoms with E-state index in [0.717, 1.165) is 25.9 Å². The molecule has 4 heteroatoms. The van der Waals surface area contributed by atoms with Gasteiger partial charge in [-0.05, 0) is 26.7 Å². The van der Waals surface area contributed by atoms with Gasteiger partial charge in [-0.3, -0.25) is 9.59 Å². The molecule has 0 aromatic heterocycles. The second-order valence-electron chi connectivity index (χ2n) is 5.78. The Hall–Kier alpha value is -1.06. The van der Waals surface area contributed by atoms with E-state index in [-0.39, 0.29) is 23.8 Å². The zero-order valence-corrected chi connectivity index (χ0v) is 11.5. The number of carbonyl (C=O) groups excluding carboxylic acids is 2. The number of rotatable bonds is 2. The molecule has 0 aliphatic carbocycles. The summed E-state index contributed by atoms with van der Waals surface area (Å²) in [6, 6.07) is 0.208. The number of hydrogen-bond donors (Lipinski definition) is 0. The van der Waals surface area contributed by atoms with Crippen LogP contribution in [0.1, 0.15) is 46.0 Å². The fourth-order valence-electron chi connectivity index (χ4n) is 2.95. The predicted octanol–water partition coefficient (Wildman–Crippen LogP) is 1.65. The van der Waals surface area contributed by atoms with E-state index >= 15 is 0 Å². The third-order valence-electron chi connectivity index (χ3n) is 4.05. The van der Waals surface area contributed by atoms with Gasteiger partial charge in [0.2, 0.25) is 11.8 Å². The van der Waals surface area contributed by atoms with Gasteiger partial charge in [0.05, 0.1) is 5.92 Å². The summed E-state index contributed by atoms with van der Waals surface area (Å²) >= 11 is 0. The van der Waals surface area contributed by atoms with Crippen molar-refractivity contribution in [2.75, 3.05) is 19.6 Å². The Morgan fingerprint density at radius 3 is 2.28 bits per heavy atom. The maximum Gasteiger partial charge on any atom is 0.227 e. The van der Waals surface area contributed by atoms with Crippen molar-refractivity contribution >= 4 is 11.8 Å². The molecule has 2 heterocycles. The maximum atomic E-state index is 12.4. The van der Waals surface area contributed by atoms with Gasteiger partial charge in [0.15, 0.2) is 0 Å². The molecule has 4 nitrogen and oxygen atoms in total. The van der Waals surface area contributed by atoms with Crippen molar-refractivity contribution in [3.8, 4) is 0 Å². The molecule has 2 fully saturated rings. The molecule has 2 aliphatic heterocycles. The van der Waals surface area contributed by atoms with Gasteiger partial charge in [0.25, 0.3) is 0 Å². The molecule has 0 spiro atoms. The molecule has 0 N–H and O–H groups in total. The summed E-state index contributed by atoms with van der Waals surface area (Å²) < 4.78 is 0. The Labute approximate surface area is 109 Å². The monoisotopic (exact) mass is 252 g/mol. The van der Waals surface area contributed by atoms with Crippen molar-refractivity contribution < 1.29 is 9.59 Å². The van der Waals surface area contributed by atoms with Gasteiger partial charge in [-0.25, -0.2) is 0 Å². The fraction of sp³-hybridized carbons (Fsp3) is 0.857. The second-order valence-corrected chi connectivity index (χ2v) is 5.78. The molecule has 2 saturated heterocycles. The third kappa shape index (κ3) is 2.85. The number of hydrogen-bond acceptors (Lipinski definition) is 2. The quantitative estimate of drug-likeness (QED) is 0.749. The van der Waals surface area contributed by atoms with Crippen LogP contribution in [0.2, 0.25) is 0 Å². The Kier molecular flexibility index (Phi) is 4.25. The van der Waals surface area contributed by atoms with Crippen LogP contribution in [0.5, 0.6) is 0 Å². The highest BCUT2D eigenvalue weighted by Crippen LogP contribution is 2.23. The molecule has 2 rings (SSSR count). The van der Waals surface area contributed by atoms with Crippen LogP contribution >= 0.6 is 0 Å². The first-order chi connectivity index (χ1) is 8.59. The minimum Gasteiger partial charge on any atom is -0.342 e. The molecule has 102 valence electrons. The molecule has 2 aliphatic rings. The SMILES string of the molecule is CC(C)N1C[C@@H](C(=O)N2CCCCCC2)CC1=O. The molecule has 0 aromatic rings. The smallest absolute Gasteiger partial charge is 0.227 e. The Morgan fingerprint density at radius 2 is 1.78 bits per heavy atom. The van der Waals surface area contributed by atoms with Crippen LogP contribution in [0.3, 0.4) is 0 Å². The molecule has 1 atom stereocenters. The van der Waals surface area contributed by atoms with Crippen LogP contribution in [0.15, 0.2) is 0 Å². The molecular weight excluding hydrogens is 228 g/mol. The average Bonchev–Trinajstić information content (AvgIpc) is 2.56. The fourth-order valence-corrected chi connectivity index (χ4v) is 2.95. The lowest BCUT2D eigenvalue weighted by atomic mass is 10.1. The average molecular weight is 252 g/mol. The summed E-state index contributed by atoms with van der Waals surface area (Å²) in [5, 5.41) is 0. The topological polar surface area (TPSA) is 40.6 Å². The van der Waals surface area contributed by atoms with Crippen molar-refractivity contribution in [3.05, 3.63) is 0 Å². The molecule has 18 heavy (non-hydrogen) atoms. The summed E-state index contributed by atoms with van der Waals surface area (Å²) in [6.07, 6.45) is 5.09. The van der Waals surface area contributed by atoms with Crippen LogP contribution in [0.25, 0.3) is 0 Å². The number of carbonyl (C=O) groups is 2. The van der Waals surface area contributed by atoms with Gasteiger partial charge in [0, 0.05) is 32.1 Å². The van der Waals surface area contributed by atoms with E-state index in [0.29, 0.717) is 13.0 Å². The molecule has 0 unspecified atom stereocenters. The van der Waals surface area contributed by atoms with Gasteiger partial charge in [-0.2, -0.15) is 0 Å². The lowest BCUT2D eigenvalue weighted by Gasteiger charge is -2.25. The lowest BCUT2D eigenvalue weighted by Crippen LogP contribution is -2.39. The Balaban J connectivity index is 1.95. The lowest BCUT2D eigenvalue weighted by molar-refractivity contribution is -0.135. The van der Waals surface area contributed by atoms with Gasteiger partial charge < -0.3 is 9.80 Å². The molecule has 2 amide bonds. The highest BCUT2D eigenvalue weighted by Gasteiger charge is 2.37. The van der Waals surface area contributed by atoms with E-state index < -0.39 is 0 Å². The van der Waals surface area contributed by atoms with Gasteiger partial charge >= 0.3 is 0 Å². The van der Waals surface area contributed by atoms with E-state index in [1.807, 2.05) is 23.6 Å². The number of nitrogens with zero attached hydrogens (tertiary/aromatic N) is 2. The first-order valence-electron chi connectivity index (χ1n) is 7.18. The molecule has 0 saturated carbocycles. The van der Waals surface area contributed by atoms with Crippen molar-refractivity contribution in [2.45, 2.75) is 52.0 Å². The van der Waals surface area contributed by atoms with Crippen LogP contribution in [-0.4, -0.2) is 47.3 Å². The zero-order chi connectivity index (χ0) is 13.1. The van der Waals surface area contributed by atoms with Crippen molar-refractivity contribution in [3.63, 3.8) is 0 Å². The molecular formula is C14H24N2O2. The van der Waals surface area contributed by atoms with Gasteiger partial charge in [-0.1, -0.05) is 12.8 Å². The zero-order valence-electron chi connectivity index (χ0n) is 11.5. The first-order valence-corrected chi connectivity index (χ1v) is 7.18. The summed E-state index contributed by atoms with van der Waals surface area (Å²) in [7, 11) is 0. The minimum atomic E-state index is -0.0991. The third-order valence-corrected chi connectivity index (χ3v) is 4.05. The van der Waals surface area contributed by atoms with E-state index in [1.165, 1.54) is 12.8 Å². The van der Waals surface area contributed by atoms with E-state index in [9.17, 15) is 9.59 Å². The van der Waals surface area contributed by atoms with Gasteiger partial charge in [0.1, 0.15) is 0 Å². The largest absolute Gasteiger partial charge is 0.342 e. The first kappa shape index (κ1) is 13.4. The molecule has 0 radical (unpaired) electrons. The highest BCUT2D eigenvalue weighted by molar-refractivity contribution is 5.89. The van der Waals surface area contributed by atoms with E-state index in [4.69, 9.17) is 0 Å². The number of amides is 2. The minimum absolute atomic E-state index is 0.0991. The Bertz CT molecular complexity index is 320. The van der Waals surface area contributed by atoms with Crippen LogP contribution < -0.4 is 0 Å². The summed E-state index contributed by atoms with van der Waals surface area (Å²) in [5.74, 6) is 0.240. The van der Waals surface area contributed by atoms with E-state index in [2.05, 4.69) is 0 Å². The highest BCUT2D eigenvalue weighted by atomic mass is 16.2. The van der Waals surface area contributed by atoms with Crippen molar-refractivity contribution in [1.82, 2.24) is 9.80 Å². The van der Waals surface area contributed by atoms with Gasteiger partial charge in [-0.15, -0.1) is 0 Å². The maximum absolute atomic E-state index is 12.4. The van der Waals surface area contributed by atoms with Crippen LogP contribution in [-0.2, 0) is 9.59 Å². The summed E-state index contributed by atoms with van der Waals surface area (Å²) in [5.41, 5.74) is 0. The van der Waals surface area contributed by atoms with E-state index in [1.54, 1.807) is 0 Å². The predicted molar refractivity (Wildman–Crippen MR) is 70.0 cm³/mol. The summed E-state index contributed by atoms with van der Waals surface area (Å²) in [6.45, 7) is 6.40. The number of likely N-dealkylation sites (tertiary alicyclic amines) is 2. The molecule has 0 aromatic carbocycles.